The first kappa shape index (κ1) is 39.8. The Morgan fingerprint density at radius 1 is 0.493 bits per heavy atom. The number of anilines is 3. The van der Waals surface area contributed by atoms with Gasteiger partial charge in [0.05, 0.1) is 5.69 Å². The molecule has 0 saturated heterocycles. The molecule has 3 aliphatic rings. The van der Waals surface area contributed by atoms with Crippen LogP contribution in [0.15, 0.2) is 265 Å². The molecule has 0 spiro atoms. The van der Waals surface area contributed by atoms with E-state index in [2.05, 4.69) is 252 Å². The fraction of sp³-hybridized carbons (Fsp3) is 0.0323. The van der Waals surface area contributed by atoms with Gasteiger partial charge in [0.15, 0.2) is 16.1 Å². The number of hydrogen-bond acceptors (Lipinski definition) is 4. The molecule has 7 heteroatoms. The molecule has 2 aliphatic heterocycles. The molecule has 0 amide bonds. The summed E-state index contributed by atoms with van der Waals surface area (Å²) in [6.45, 7) is 0. The molecule has 0 radical (unpaired) electrons. The number of para-hydroxylation sites is 2. The summed E-state index contributed by atoms with van der Waals surface area (Å²) in [7, 11) is -6.13. The van der Waals surface area contributed by atoms with Crippen molar-refractivity contribution in [1.82, 2.24) is 14.5 Å². The molecular weight excluding hydrogens is 873 g/mol. The summed E-state index contributed by atoms with van der Waals surface area (Å²) < 4.78 is 9.09. The van der Waals surface area contributed by atoms with Crippen LogP contribution in [0, 0.1) is 0 Å². The van der Waals surface area contributed by atoms with Crippen molar-refractivity contribution < 1.29 is 4.42 Å². The number of hydrogen-bond donors (Lipinski definition) is 0. The monoisotopic (exact) mass is 916 g/mol. The third-order valence-electron chi connectivity index (χ3n) is 15.1. The topological polar surface area (TPSA) is 47.1 Å². The van der Waals surface area contributed by atoms with Gasteiger partial charge in [-0.05, 0) is 89.5 Å². The van der Waals surface area contributed by atoms with Gasteiger partial charge in [0.2, 0.25) is 0 Å². The average Bonchev–Trinajstić information content (AvgIpc) is 4.07. The Morgan fingerprint density at radius 3 is 1.91 bits per heavy atom. The van der Waals surface area contributed by atoms with Crippen molar-refractivity contribution >= 4 is 91.6 Å². The largest absolute Gasteiger partial charge is 0.456 e. The molecule has 5 nitrogen and oxygen atoms in total. The van der Waals surface area contributed by atoms with E-state index in [9.17, 15) is 0 Å². The van der Waals surface area contributed by atoms with Crippen LogP contribution in [0.1, 0.15) is 23.2 Å². The van der Waals surface area contributed by atoms with Crippen LogP contribution in [-0.2, 0) is 0 Å². The summed E-state index contributed by atoms with van der Waals surface area (Å²) >= 11 is 0. The predicted octanol–water partition coefficient (Wildman–Crippen LogP) is 9.71. The van der Waals surface area contributed by atoms with Crippen LogP contribution in [0.3, 0.4) is 0 Å². The van der Waals surface area contributed by atoms with Crippen molar-refractivity contribution in [2.24, 2.45) is 0 Å². The van der Waals surface area contributed by atoms with Gasteiger partial charge >= 0.3 is 0 Å². The van der Waals surface area contributed by atoms with E-state index < -0.39 is 16.1 Å². The van der Waals surface area contributed by atoms with Crippen LogP contribution in [0.5, 0.6) is 0 Å². The number of benzene rings is 8. The lowest BCUT2D eigenvalue weighted by Crippen LogP contribution is -2.77. The summed E-state index contributed by atoms with van der Waals surface area (Å²) in [6.07, 6.45) is 13.5. The third kappa shape index (κ3) is 5.75. The molecule has 0 N–H and O–H groups in total. The highest BCUT2D eigenvalue weighted by Gasteiger charge is 2.51. The Morgan fingerprint density at radius 2 is 1.16 bits per heavy atom. The van der Waals surface area contributed by atoms with E-state index in [1.807, 2.05) is 12.4 Å². The van der Waals surface area contributed by atoms with Gasteiger partial charge in [-0.2, -0.15) is 0 Å². The Labute approximate surface area is 402 Å². The highest BCUT2D eigenvalue weighted by Crippen LogP contribution is 2.47. The van der Waals surface area contributed by atoms with Crippen LogP contribution in [0.2, 0.25) is 0 Å². The quantitative estimate of drug-likeness (QED) is 0.118. The maximum absolute atomic E-state index is 6.79. The summed E-state index contributed by atoms with van der Waals surface area (Å²) in [5.41, 5.74) is 6.49. The fourth-order valence-electron chi connectivity index (χ4n) is 12.3. The molecule has 14 rings (SSSR count). The average molecular weight is 917 g/mol. The van der Waals surface area contributed by atoms with Gasteiger partial charge in [-0.3, -0.25) is 4.90 Å². The molecule has 0 bridgehead atoms. The number of pyridine rings is 1. The summed E-state index contributed by atoms with van der Waals surface area (Å²) in [5.74, 6) is 2.26. The smallest absolute Gasteiger partial charge is 0.186 e. The van der Waals surface area contributed by atoms with Crippen LogP contribution in [0.25, 0.3) is 27.6 Å². The molecule has 11 aromatic rings. The van der Waals surface area contributed by atoms with Crippen molar-refractivity contribution in [1.29, 1.82) is 0 Å². The minimum absolute atomic E-state index is 0.0590. The maximum atomic E-state index is 6.79. The number of aromatic nitrogens is 3. The van der Waals surface area contributed by atoms with Gasteiger partial charge in [-0.15, -0.1) is 0 Å². The second-order valence-electron chi connectivity index (χ2n) is 18.4. The van der Waals surface area contributed by atoms with Gasteiger partial charge in [-0.25, -0.2) is 9.97 Å². The number of imidazole rings is 1. The second kappa shape index (κ2) is 15.6. The SMILES string of the molecule is C1=CC2c3ccccc3-n3ccnc3C2C=C1[Si](c1ccccc1)(c1ccccc1)c1cccc(N2c3cc4c(cc3[Si](c3ccccc3)(c3ccccc3)c3cccnc32)oc2ccccc24)c1. The van der Waals surface area contributed by atoms with E-state index in [0.29, 0.717) is 0 Å². The van der Waals surface area contributed by atoms with E-state index in [1.165, 1.54) is 52.8 Å². The number of furan rings is 1. The van der Waals surface area contributed by atoms with Crippen LogP contribution in [0.4, 0.5) is 17.2 Å². The predicted molar refractivity (Wildman–Crippen MR) is 287 cm³/mol. The third-order valence-corrected chi connectivity index (χ3v) is 24.7. The normalized spacial score (nSPS) is 16.5. The number of allylic oxidation sites excluding steroid dienone is 4. The highest BCUT2D eigenvalue weighted by molar-refractivity contribution is 7.21. The lowest BCUT2D eigenvalue weighted by Gasteiger charge is -2.44. The Bertz CT molecular complexity index is 3750. The number of fused-ring (bicyclic) bond motifs is 11. The number of rotatable bonds is 7. The highest BCUT2D eigenvalue weighted by atomic mass is 28.3. The molecule has 2 atom stereocenters. The Hall–Kier alpha value is -8.37. The first-order valence-electron chi connectivity index (χ1n) is 23.8. The lowest BCUT2D eigenvalue weighted by molar-refractivity contribution is 0.633. The minimum Gasteiger partial charge on any atom is -0.456 e. The van der Waals surface area contributed by atoms with E-state index in [1.54, 1.807) is 0 Å². The summed E-state index contributed by atoms with van der Waals surface area (Å²) in [6, 6.07) is 80.8. The zero-order valence-corrected chi connectivity index (χ0v) is 39.6. The molecular formula is C62H44N4OSi2. The van der Waals surface area contributed by atoms with E-state index in [4.69, 9.17) is 14.4 Å². The fourth-order valence-corrected chi connectivity index (χ4v) is 22.2. The molecule has 0 fully saturated rings. The Balaban J connectivity index is 1.05. The van der Waals surface area contributed by atoms with Crippen LogP contribution in [-0.4, -0.2) is 30.7 Å². The Kier molecular flexibility index (Phi) is 8.99. The van der Waals surface area contributed by atoms with Crippen molar-refractivity contribution in [2.75, 3.05) is 4.90 Å². The van der Waals surface area contributed by atoms with Crippen molar-refractivity contribution in [3.05, 3.63) is 272 Å². The summed E-state index contributed by atoms with van der Waals surface area (Å²) in [5, 5.41) is 12.6. The lowest BCUT2D eigenvalue weighted by atomic mass is 9.79. The van der Waals surface area contributed by atoms with Gasteiger partial charge in [-0.1, -0.05) is 194 Å². The molecule has 0 saturated carbocycles. The first-order valence-corrected chi connectivity index (χ1v) is 27.8. The first-order chi connectivity index (χ1) is 34.2. The van der Waals surface area contributed by atoms with Gasteiger partial charge < -0.3 is 8.98 Å². The van der Waals surface area contributed by atoms with Crippen molar-refractivity contribution in [3.8, 4) is 5.69 Å². The zero-order valence-electron chi connectivity index (χ0n) is 37.6. The zero-order chi connectivity index (χ0) is 45.5. The molecule has 2 unspecified atom stereocenters. The molecule has 8 aromatic carbocycles. The maximum Gasteiger partial charge on any atom is 0.186 e. The molecule has 69 heavy (non-hydrogen) atoms. The van der Waals surface area contributed by atoms with Crippen LogP contribution < -0.4 is 41.2 Å². The van der Waals surface area contributed by atoms with Gasteiger partial charge in [0.25, 0.3) is 0 Å². The van der Waals surface area contributed by atoms with E-state index >= 15 is 0 Å². The molecule has 3 aromatic heterocycles. The molecule has 1 aliphatic carbocycles. The van der Waals surface area contributed by atoms with Crippen molar-refractivity contribution in [3.63, 3.8) is 0 Å². The minimum atomic E-state index is -3.09. The van der Waals surface area contributed by atoms with Gasteiger partial charge in [0, 0.05) is 52.6 Å². The van der Waals surface area contributed by atoms with Crippen LogP contribution >= 0.6 is 0 Å². The standard InChI is InChI=1S/C62H44N4OSi2/c1-5-20-44(21-6-1)68(45-22-7-2-8-23-45,49-34-35-50-51-29-13-15-31-55(51)65-38-37-64-61(65)54(50)40-49)48-28-17-19-43(39-48)66-56-41-53-52-30-14-16-32-57(52)67-58(53)42-60(56)69(46-24-9-3-10-25-46,47-26-11-4-12-27-47)59-33-18-36-63-62(59)66/h1-42,50,54H. The van der Waals surface area contributed by atoms with Crippen molar-refractivity contribution in [2.45, 2.75) is 11.8 Å². The van der Waals surface area contributed by atoms with Gasteiger partial charge in [0.1, 0.15) is 22.8 Å². The van der Waals surface area contributed by atoms with E-state index in [-0.39, 0.29) is 11.8 Å². The number of nitrogens with zero attached hydrogens (tertiary/aromatic N) is 4. The molecule has 326 valence electrons. The summed E-state index contributed by atoms with van der Waals surface area (Å²) in [4.78, 5) is 13.0. The molecule has 5 heterocycles. The second-order valence-corrected chi connectivity index (χ2v) is 26.0. The van der Waals surface area contributed by atoms with E-state index in [0.717, 1.165) is 45.0 Å².